The van der Waals surface area contributed by atoms with Gasteiger partial charge in [-0.25, -0.2) is 4.39 Å². The van der Waals surface area contributed by atoms with Crippen molar-refractivity contribution < 1.29 is 40.7 Å². The average molecular weight is 654 g/mol. The molecule has 0 aliphatic carbocycles. The molecule has 0 radical (unpaired) electrons. The van der Waals surface area contributed by atoms with Crippen molar-refractivity contribution in [3.8, 4) is 5.75 Å². The maximum Gasteiger partial charge on any atom is 0.434 e. The Kier molecular flexibility index (Phi) is 10.7. The molecule has 5 nitrogen and oxygen atoms in total. The number of anilines is 2. The van der Waals surface area contributed by atoms with Gasteiger partial charge in [-0.15, -0.1) is 0 Å². The Labute approximate surface area is 240 Å². The number of nitrogens with one attached hydrogen (secondary N) is 2. The van der Waals surface area contributed by atoms with E-state index in [4.69, 9.17) is 4.74 Å². The molecular formula is C27H24BrClF6N2O3. The third kappa shape index (κ3) is 6.72. The second kappa shape index (κ2) is 12.9. The smallest absolute Gasteiger partial charge is 0.434 e. The predicted octanol–water partition coefficient (Wildman–Crippen LogP) is 8.46. The number of aryl methyl sites for hydroxylation is 1. The van der Waals surface area contributed by atoms with Crippen LogP contribution < -0.4 is 15.4 Å². The van der Waals surface area contributed by atoms with Crippen LogP contribution in [-0.2, 0) is 16.9 Å². The molecule has 13 heteroatoms. The van der Waals surface area contributed by atoms with Crippen LogP contribution in [0.2, 0.25) is 0 Å². The van der Waals surface area contributed by atoms with E-state index in [9.17, 15) is 35.9 Å². The number of carbonyl (C=O) groups excluding carboxylic acids is 2. The SMILES string of the molecule is C=C/C=C(\C=C/C)C(=O)Nc1cccc(C(=O)Nc2c(Br)cc(C(F)(C(F)(F)F)C(F)(F)Cl)cc2CC)c1OC. The van der Waals surface area contributed by atoms with E-state index in [1.54, 1.807) is 19.1 Å². The standard InChI is InChI=1S/C27H24BrClF6N2O3/c1-5-9-16(10-6-2)23(38)36-20-12-8-11-18(22(20)40-4)24(39)37-21-15(7-3)13-17(14-19(21)28)25(30,26(29,31)32)27(33,34)35/h5-6,8-14H,1,7H2,2-4H3,(H,36,38)(H,37,39)/b10-6-,16-9+. The van der Waals surface area contributed by atoms with Crippen molar-refractivity contribution in [1.82, 2.24) is 0 Å². The quantitative estimate of drug-likeness (QED) is 0.117. The van der Waals surface area contributed by atoms with Crippen LogP contribution >= 0.6 is 27.5 Å². The van der Waals surface area contributed by atoms with Crippen LogP contribution in [0.4, 0.5) is 37.7 Å². The average Bonchev–Trinajstić information content (AvgIpc) is 2.87. The van der Waals surface area contributed by atoms with Crippen molar-refractivity contribution in [1.29, 1.82) is 0 Å². The molecule has 0 aromatic heterocycles. The molecule has 2 rings (SSSR count). The first kappa shape index (κ1) is 33.0. The fraction of sp³-hybridized carbons (Fsp3) is 0.259. The molecule has 1 atom stereocenters. The molecule has 1 unspecified atom stereocenters. The highest BCUT2D eigenvalue weighted by Gasteiger charge is 2.72. The summed E-state index contributed by atoms with van der Waals surface area (Å²) >= 11 is 7.53. The van der Waals surface area contributed by atoms with Crippen LogP contribution in [0.3, 0.4) is 0 Å². The van der Waals surface area contributed by atoms with Crippen molar-refractivity contribution in [3.63, 3.8) is 0 Å². The van der Waals surface area contributed by atoms with Crippen LogP contribution in [0.5, 0.6) is 5.75 Å². The van der Waals surface area contributed by atoms with E-state index >= 15 is 0 Å². The van der Waals surface area contributed by atoms with Crippen molar-refractivity contribution in [3.05, 3.63) is 88.0 Å². The van der Waals surface area contributed by atoms with Gasteiger partial charge in [-0.2, -0.15) is 22.0 Å². The number of halogens is 8. The summed E-state index contributed by atoms with van der Waals surface area (Å²) in [6.45, 7) is 6.73. The Morgan fingerprint density at radius 1 is 1.12 bits per heavy atom. The summed E-state index contributed by atoms with van der Waals surface area (Å²) in [5.41, 5.74) is -6.55. The number of carbonyl (C=O) groups is 2. The summed E-state index contributed by atoms with van der Waals surface area (Å²) in [6.07, 6.45) is -0.0735. The van der Waals surface area contributed by atoms with Gasteiger partial charge >= 0.3 is 17.2 Å². The Bertz CT molecular complexity index is 1340. The predicted molar refractivity (Wildman–Crippen MR) is 146 cm³/mol. The van der Waals surface area contributed by atoms with Crippen LogP contribution in [0, 0.1) is 0 Å². The summed E-state index contributed by atoms with van der Waals surface area (Å²) in [7, 11) is 1.25. The van der Waals surface area contributed by atoms with E-state index in [1.165, 1.54) is 44.4 Å². The monoisotopic (exact) mass is 652 g/mol. The van der Waals surface area contributed by atoms with E-state index in [1.807, 2.05) is 0 Å². The summed E-state index contributed by atoms with van der Waals surface area (Å²) in [6, 6.07) is 5.31. The number of benzene rings is 2. The van der Waals surface area contributed by atoms with Crippen LogP contribution in [0.25, 0.3) is 0 Å². The molecule has 2 N–H and O–H groups in total. The van der Waals surface area contributed by atoms with Gasteiger partial charge in [-0.05, 0) is 70.7 Å². The largest absolute Gasteiger partial charge is 0.494 e. The van der Waals surface area contributed by atoms with E-state index in [0.29, 0.717) is 12.1 Å². The molecule has 0 aliphatic heterocycles. The lowest BCUT2D eigenvalue weighted by molar-refractivity contribution is -0.286. The Hall–Kier alpha value is -3.25. The molecule has 216 valence electrons. The first-order valence-corrected chi connectivity index (χ1v) is 12.6. The number of hydrogen-bond donors (Lipinski definition) is 2. The van der Waals surface area contributed by atoms with Gasteiger partial charge in [0.15, 0.2) is 5.75 Å². The lowest BCUT2D eigenvalue weighted by Gasteiger charge is -2.32. The van der Waals surface area contributed by atoms with Crippen LogP contribution in [0.15, 0.2) is 71.3 Å². The molecule has 0 saturated carbocycles. The molecule has 40 heavy (non-hydrogen) atoms. The van der Waals surface area contributed by atoms with Crippen molar-refractivity contribution in [2.45, 2.75) is 37.5 Å². The van der Waals surface area contributed by atoms with Crippen LogP contribution in [0.1, 0.15) is 35.3 Å². The van der Waals surface area contributed by atoms with Gasteiger partial charge in [0.2, 0.25) is 0 Å². The molecular weight excluding hydrogens is 630 g/mol. The number of allylic oxidation sites excluding steroid dienone is 3. The summed E-state index contributed by atoms with van der Waals surface area (Å²) < 4.78 is 87.8. The lowest BCUT2D eigenvalue weighted by Crippen LogP contribution is -2.49. The molecule has 2 amide bonds. The van der Waals surface area contributed by atoms with Gasteiger partial charge in [-0.1, -0.05) is 43.9 Å². The normalized spacial score (nSPS) is 14.0. The van der Waals surface area contributed by atoms with Gasteiger partial charge in [0.1, 0.15) is 0 Å². The zero-order valence-electron chi connectivity index (χ0n) is 21.4. The number of para-hydroxylation sites is 1. The number of ether oxygens (including phenoxy) is 1. The number of methoxy groups -OCH3 is 1. The molecule has 0 heterocycles. The van der Waals surface area contributed by atoms with Crippen molar-refractivity contribution in [2.24, 2.45) is 0 Å². The Balaban J connectivity index is 2.54. The minimum absolute atomic E-state index is 0.0424. The number of hydrogen-bond acceptors (Lipinski definition) is 3. The van der Waals surface area contributed by atoms with E-state index < -0.39 is 34.6 Å². The fourth-order valence-electron chi connectivity index (χ4n) is 3.69. The first-order chi connectivity index (χ1) is 18.6. The van der Waals surface area contributed by atoms with Gasteiger partial charge < -0.3 is 15.4 Å². The van der Waals surface area contributed by atoms with Crippen molar-refractivity contribution in [2.75, 3.05) is 17.7 Å². The summed E-state index contributed by atoms with van der Waals surface area (Å²) in [5.74, 6) is -1.40. The van der Waals surface area contributed by atoms with Gasteiger partial charge in [0, 0.05) is 15.6 Å². The highest BCUT2D eigenvalue weighted by molar-refractivity contribution is 9.10. The summed E-state index contributed by atoms with van der Waals surface area (Å²) in [5, 5.41) is -0.220. The maximum absolute atomic E-state index is 14.9. The number of alkyl halides is 7. The molecule has 0 spiro atoms. The van der Waals surface area contributed by atoms with E-state index in [0.717, 1.165) is 0 Å². The van der Waals surface area contributed by atoms with Gasteiger partial charge in [-0.3, -0.25) is 9.59 Å². The lowest BCUT2D eigenvalue weighted by atomic mass is 9.92. The zero-order valence-corrected chi connectivity index (χ0v) is 23.7. The molecule has 0 bridgehead atoms. The van der Waals surface area contributed by atoms with E-state index in [-0.39, 0.29) is 44.7 Å². The van der Waals surface area contributed by atoms with Gasteiger partial charge in [0.05, 0.1) is 24.0 Å². The topological polar surface area (TPSA) is 67.4 Å². The molecule has 2 aromatic carbocycles. The minimum Gasteiger partial charge on any atom is -0.494 e. The third-order valence-electron chi connectivity index (χ3n) is 5.59. The molecule has 0 fully saturated rings. The number of rotatable bonds is 10. The second-order valence-corrected chi connectivity index (χ2v) is 9.48. The molecule has 0 aliphatic rings. The number of amides is 2. The third-order valence-corrected chi connectivity index (χ3v) is 6.47. The Morgan fingerprint density at radius 3 is 2.27 bits per heavy atom. The first-order valence-electron chi connectivity index (χ1n) is 11.5. The minimum atomic E-state index is -6.06. The fourth-order valence-corrected chi connectivity index (χ4v) is 4.51. The van der Waals surface area contributed by atoms with Crippen LogP contribution in [-0.4, -0.2) is 30.5 Å². The molecule has 0 saturated heterocycles. The van der Waals surface area contributed by atoms with Gasteiger partial charge in [0.25, 0.3) is 11.8 Å². The zero-order chi connectivity index (χ0) is 30.5. The highest BCUT2D eigenvalue weighted by Crippen LogP contribution is 2.55. The Morgan fingerprint density at radius 2 is 1.77 bits per heavy atom. The van der Waals surface area contributed by atoms with Crippen molar-refractivity contribution >= 4 is 50.7 Å². The van der Waals surface area contributed by atoms with E-state index in [2.05, 4.69) is 44.7 Å². The highest BCUT2D eigenvalue weighted by atomic mass is 79.9. The maximum atomic E-state index is 14.9. The summed E-state index contributed by atoms with van der Waals surface area (Å²) in [4.78, 5) is 25.9. The second-order valence-electron chi connectivity index (χ2n) is 8.15. The molecule has 2 aromatic rings.